The molecule has 0 rings (SSSR count). The van der Waals surface area contributed by atoms with Crippen molar-refractivity contribution in [2.45, 2.75) is 19.3 Å². The van der Waals surface area contributed by atoms with Crippen molar-refractivity contribution in [3.8, 4) is 5.40 Å². The van der Waals surface area contributed by atoms with E-state index in [9.17, 15) is 4.79 Å². The van der Waals surface area contributed by atoms with Gasteiger partial charge in [-0.3, -0.25) is 0 Å². The molecule has 0 aromatic rings. The number of rotatable bonds is 3. The molecule has 11 heavy (non-hydrogen) atoms. The van der Waals surface area contributed by atoms with Crippen molar-refractivity contribution in [2.24, 2.45) is 0 Å². The summed E-state index contributed by atoms with van der Waals surface area (Å²) < 4.78 is 9.09. The minimum atomic E-state index is -0.734. The molecule has 0 aliphatic carbocycles. The van der Waals surface area contributed by atoms with Crippen LogP contribution < -0.4 is 0 Å². The third-order valence-corrected chi connectivity index (χ3v) is 1.28. The highest BCUT2D eigenvalue weighted by Crippen LogP contribution is 2.09. The van der Waals surface area contributed by atoms with Gasteiger partial charge in [-0.1, -0.05) is 0 Å². The number of carbonyl (C=O) groups excluding carboxylic acids is 1. The van der Waals surface area contributed by atoms with E-state index in [1.165, 1.54) is 0 Å². The van der Waals surface area contributed by atoms with Gasteiger partial charge in [0, 0.05) is 0 Å². The van der Waals surface area contributed by atoms with Crippen LogP contribution >= 0.6 is 11.8 Å². The first-order chi connectivity index (χ1) is 5.20. The van der Waals surface area contributed by atoms with Gasteiger partial charge in [-0.2, -0.15) is 5.26 Å². The Kier molecular flexibility index (Phi) is 5.39. The molecule has 1 atom stereocenters. The topological polar surface area (TPSA) is 59.3 Å². The number of carbonyl (C=O) groups is 1. The van der Waals surface area contributed by atoms with E-state index in [0.717, 1.165) is 11.8 Å². The number of thiocyanates is 1. The van der Waals surface area contributed by atoms with Crippen molar-refractivity contribution in [3.05, 3.63) is 0 Å². The lowest BCUT2D eigenvalue weighted by Gasteiger charge is -2.07. The summed E-state index contributed by atoms with van der Waals surface area (Å²) in [5.41, 5.74) is -0.473. The Bertz CT molecular complexity index is 166. The predicted octanol–water partition coefficient (Wildman–Crippen LogP) is 1.72. The van der Waals surface area contributed by atoms with Gasteiger partial charge in [-0.15, -0.1) is 0 Å². The third-order valence-electron chi connectivity index (χ3n) is 0.743. The summed E-state index contributed by atoms with van der Waals surface area (Å²) in [5, 5.41) is 9.96. The fraction of sp³-hybridized carbons (Fsp3) is 0.667. The highest BCUT2D eigenvalue weighted by atomic mass is 32.2. The zero-order valence-corrected chi connectivity index (χ0v) is 7.18. The zero-order valence-electron chi connectivity index (χ0n) is 6.36. The van der Waals surface area contributed by atoms with Crippen LogP contribution in [0.25, 0.3) is 0 Å². The maximum atomic E-state index is 10.6. The standard InChI is InChI=1S/C6H9NO3S/c1-3-9-6(8)10-5(2)11-4-7/h5H,3H2,1-2H3. The van der Waals surface area contributed by atoms with Crippen LogP contribution in [0.1, 0.15) is 13.8 Å². The first kappa shape index (κ1) is 10.1. The van der Waals surface area contributed by atoms with Crippen LogP contribution in [0.3, 0.4) is 0 Å². The second-order valence-electron chi connectivity index (χ2n) is 1.58. The average Bonchev–Trinajstić information content (AvgIpc) is 1.87. The molecule has 0 aromatic heterocycles. The first-order valence-electron chi connectivity index (χ1n) is 3.08. The minimum absolute atomic E-state index is 0.281. The van der Waals surface area contributed by atoms with Gasteiger partial charge in [-0.25, -0.2) is 4.79 Å². The zero-order chi connectivity index (χ0) is 8.69. The van der Waals surface area contributed by atoms with Crippen LogP contribution in [0.2, 0.25) is 0 Å². The van der Waals surface area contributed by atoms with E-state index in [0.29, 0.717) is 0 Å². The molecule has 0 bridgehead atoms. The molecule has 0 saturated heterocycles. The quantitative estimate of drug-likeness (QED) is 0.371. The summed E-state index contributed by atoms with van der Waals surface area (Å²) in [6, 6.07) is 0. The minimum Gasteiger partial charge on any atom is -0.435 e. The van der Waals surface area contributed by atoms with E-state index in [4.69, 9.17) is 5.26 Å². The molecule has 0 amide bonds. The van der Waals surface area contributed by atoms with E-state index in [1.54, 1.807) is 19.2 Å². The number of thioether (sulfide) groups is 1. The maximum Gasteiger partial charge on any atom is 0.509 e. The fourth-order valence-electron chi connectivity index (χ4n) is 0.386. The van der Waals surface area contributed by atoms with Crippen LogP contribution in [-0.2, 0) is 9.47 Å². The number of ether oxygens (including phenoxy) is 2. The van der Waals surface area contributed by atoms with Crippen LogP contribution in [0.5, 0.6) is 0 Å². The molecule has 0 fully saturated rings. The van der Waals surface area contributed by atoms with Crippen molar-refractivity contribution in [1.29, 1.82) is 5.26 Å². The number of nitrogens with zero attached hydrogens (tertiary/aromatic N) is 1. The molecule has 0 N–H and O–H groups in total. The van der Waals surface area contributed by atoms with Gasteiger partial charge in [0.15, 0.2) is 5.44 Å². The van der Waals surface area contributed by atoms with Crippen molar-refractivity contribution in [1.82, 2.24) is 0 Å². The molecule has 0 aliphatic heterocycles. The highest BCUT2D eigenvalue weighted by Gasteiger charge is 2.09. The summed E-state index contributed by atoms with van der Waals surface area (Å²) in [5.74, 6) is 0. The van der Waals surface area contributed by atoms with Gasteiger partial charge in [0.05, 0.1) is 6.61 Å². The Balaban J connectivity index is 3.50. The molecule has 5 heteroatoms. The molecule has 0 spiro atoms. The summed E-state index contributed by atoms with van der Waals surface area (Å²) in [6.45, 7) is 3.57. The molecule has 0 radical (unpaired) electrons. The largest absolute Gasteiger partial charge is 0.509 e. The summed E-state index contributed by atoms with van der Waals surface area (Å²) in [7, 11) is 0. The molecular formula is C6H9NO3S. The fourth-order valence-corrected chi connectivity index (χ4v) is 0.661. The molecule has 0 aliphatic rings. The normalized spacial score (nSPS) is 11.4. The Morgan fingerprint density at radius 1 is 1.82 bits per heavy atom. The van der Waals surface area contributed by atoms with E-state index >= 15 is 0 Å². The van der Waals surface area contributed by atoms with Crippen molar-refractivity contribution < 1.29 is 14.3 Å². The van der Waals surface area contributed by atoms with Crippen molar-refractivity contribution in [3.63, 3.8) is 0 Å². The number of hydrogen-bond donors (Lipinski definition) is 0. The monoisotopic (exact) mass is 175 g/mol. The third kappa shape index (κ3) is 5.55. The average molecular weight is 175 g/mol. The van der Waals surface area contributed by atoms with Gasteiger partial charge < -0.3 is 9.47 Å². The Morgan fingerprint density at radius 3 is 2.91 bits per heavy atom. The van der Waals surface area contributed by atoms with E-state index in [2.05, 4.69) is 9.47 Å². The predicted molar refractivity (Wildman–Crippen MR) is 40.8 cm³/mol. The first-order valence-corrected chi connectivity index (χ1v) is 3.96. The Hall–Kier alpha value is -0.890. The maximum absolute atomic E-state index is 10.6. The second-order valence-corrected chi connectivity index (χ2v) is 2.66. The van der Waals surface area contributed by atoms with Gasteiger partial charge in [0.25, 0.3) is 0 Å². The van der Waals surface area contributed by atoms with Crippen LogP contribution in [0.4, 0.5) is 4.79 Å². The lowest BCUT2D eigenvalue weighted by Crippen LogP contribution is -2.12. The molecular weight excluding hydrogens is 166 g/mol. The van der Waals surface area contributed by atoms with Crippen molar-refractivity contribution in [2.75, 3.05) is 6.61 Å². The Labute approximate surface area is 69.5 Å². The summed E-state index contributed by atoms with van der Waals surface area (Å²) >= 11 is 0.868. The summed E-state index contributed by atoms with van der Waals surface area (Å²) in [6.07, 6.45) is -0.734. The van der Waals surface area contributed by atoms with Gasteiger partial charge >= 0.3 is 6.16 Å². The SMILES string of the molecule is CCOC(=O)OC(C)SC#N. The highest BCUT2D eigenvalue weighted by molar-refractivity contribution is 8.04. The summed E-state index contributed by atoms with van der Waals surface area (Å²) in [4.78, 5) is 10.6. The van der Waals surface area contributed by atoms with E-state index in [1.807, 2.05) is 0 Å². The molecule has 0 heterocycles. The van der Waals surface area contributed by atoms with Crippen LogP contribution in [0, 0.1) is 10.7 Å². The molecule has 0 aromatic carbocycles. The Morgan fingerprint density at radius 2 is 2.45 bits per heavy atom. The second kappa shape index (κ2) is 5.86. The van der Waals surface area contributed by atoms with Crippen LogP contribution in [-0.4, -0.2) is 18.2 Å². The van der Waals surface area contributed by atoms with E-state index in [-0.39, 0.29) is 6.61 Å². The van der Waals surface area contributed by atoms with Crippen molar-refractivity contribution >= 4 is 17.9 Å². The number of hydrogen-bond acceptors (Lipinski definition) is 5. The smallest absolute Gasteiger partial charge is 0.435 e. The number of nitriles is 1. The van der Waals surface area contributed by atoms with Crippen LogP contribution in [0.15, 0.2) is 0 Å². The lowest BCUT2D eigenvalue weighted by atomic mass is 10.8. The molecule has 4 nitrogen and oxygen atoms in total. The molecule has 62 valence electrons. The van der Waals surface area contributed by atoms with Gasteiger partial charge in [0.2, 0.25) is 0 Å². The van der Waals surface area contributed by atoms with Gasteiger partial charge in [0.1, 0.15) is 5.40 Å². The molecule has 0 saturated carbocycles. The van der Waals surface area contributed by atoms with E-state index < -0.39 is 11.6 Å². The van der Waals surface area contributed by atoms with Gasteiger partial charge in [-0.05, 0) is 25.6 Å². The molecule has 1 unspecified atom stereocenters. The lowest BCUT2D eigenvalue weighted by molar-refractivity contribution is 0.0553.